The molecule has 2 N–H and O–H groups in total. The third-order valence-corrected chi connectivity index (χ3v) is 2.35. The van der Waals surface area contributed by atoms with E-state index < -0.39 is 0 Å². The van der Waals surface area contributed by atoms with Crippen LogP contribution in [0.15, 0.2) is 24.3 Å². The molecular weight excluding hydrogens is 198 g/mol. The van der Waals surface area contributed by atoms with Crippen LogP contribution in [0.3, 0.4) is 0 Å². The van der Waals surface area contributed by atoms with E-state index in [9.17, 15) is 9.90 Å². The number of rotatable bonds is 4. The molecule has 0 heterocycles. The molecule has 0 saturated carbocycles. The van der Waals surface area contributed by atoms with Crippen molar-refractivity contribution in [1.29, 1.82) is 0 Å². The van der Waals surface area contributed by atoms with E-state index in [1.54, 1.807) is 30.0 Å². The summed E-state index contributed by atoms with van der Waals surface area (Å²) in [5.74, 6) is 0.672. The molecule has 76 valence electrons. The van der Waals surface area contributed by atoms with Gasteiger partial charge in [-0.1, -0.05) is 12.1 Å². The van der Waals surface area contributed by atoms with Gasteiger partial charge in [0.05, 0.1) is 5.56 Å². The molecule has 0 aliphatic rings. The summed E-state index contributed by atoms with van der Waals surface area (Å²) in [5, 5.41) is 12.1. The smallest absolute Gasteiger partial charge is 0.255 e. The fourth-order valence-corrected chi connectivity index (χ4v) is 1.33. The predicted octanol–water partition coefficient (Wildman–Crippen LogP) is 1.48. The van der Waals surface area contributed by atoms with Crippen molar-refractivity contribution >= 4 is 17.7 Å². The third kappa shape index (κ3) is 2.96. The SMILES string of the molecule is CSCCNC(=O)c1ccccc1O. The summed E-state index contributed by atoms with van der Waals surface area (Å²) in [4.78, 5) is 11.5. The van der Waals surface area contributed by atoms with Gasteiger partial charge < -0.3 is 10.4 Å². The van der Waals surface area contributed by atoms with Crippen molar-refractivity contribution in [2.45, 2.75) is 0 Å². The molecule has 4 heteroatoms. The van der Waals surface area contributed by atoms with Crippen molar-refractivity contribution in [3.8, 4) is 5.75 Å². The second kappa shape index (κ2) is 5.54. The Labute approximate surface area is 87.5 Å². The maximum Gasteiger partial charge on any atom is 0.255 e. The van der Waals surface area contributed by atoms with Gasteiger partial charge in [-0.25, -0.2) is 0 Å². The number of phenols is 1. The molecule has 14 heavy (non-hydrogen) atoms. The van der Waals surface area contributed by atoms with Gasteiger partial charge in [-0.3, -0.25) is 4.79 Å². The van der Waals surface area contributed by atoms with Gasteiger partial charge in [-0.2, -0.15) is 11.8 Å². The van der Waals surface area contributed by atoms with Crippen molar-refractivity contribution < 1.29 is 9.90 Å². The summed E-state index contributed by atoms with van der Waals surface area (Å²) in [5.41, 5.74) is 0.327. The summed E-state index contributed by atoms with van der Waals surface area (Å²) in [6.07, 6.45) is 1.98. The molecule has 1 amide bonds. The molecule has 0 atom stereocenters. The number of para-hydroxylation sites is 1. The topological polar surface area (TPSA) is 49.3 Å². The van der Waals surface area contributed by atoms with E-state index in [1.807, 2.05) is 6.26 Å². The lowest BCUT2D eigenvalue weighted by Crippen LogP contribution is -2.25. The molecule has 0 bridgehead atoms. The minimum atomic E-state index is -0.225. The van der Waals surface area contributed by atoms with E-state index in [-0.39, 0.29) is 11.7 Å². The van der Waals surface area contributed by atoms with Crippen LogP contribution in [0.25, 0.3) is 0 Å². The van der Waals surface area contributed by atoms with Crippen LogP contribution in [-0.2, 0) is 0 Å². The molecule has 0 aromatic heterocycles. The number of phenolic OH excluding ortho intramolecular Hbond substituents is 1. The molecule has 0 radical (unpaired) electrons. The van der Waals surface area contributed by atoms with Gasteiger partial charge in [0.15, 0.2) is 0 Å². The average molecular weight is 211 g/mol. The van der Waals surface area contributed by atoms with Crippen LogP contribution in [-0.4, -0.2) is 29.6 Å². The van der Waals surface area contributed by atoms with Gasteiger partial charge in [0.25, 0.3) is 5.91 Å². The predicted molar refractivity (Wildman–Crippen MR) is 58.8 cm³/mol. The Hall–Kier alpha value is -1.16. The van der Waals surface area contributed by atoms with E-state index in [4.69, 9.17) is 0 Å². The summed E-state index contributed by atoms with van der Waals surface area (Å²) >= 11 is 1.67. The van der Waals surface area contributed by atoms with Crippen molar-refractivity contribution in [2.24, 2.45) is 0 Å². The number of nitrogens with one attached hydrogen (secondary N) is 1. The molecular formula is C10H13NO2S. The number of carbonyl (C=O) groups excluding carboxylic acids is 1. The number of amides is 1. The first-order valence-corrected chi connectivity index (χ1v) is 5.70. The maximum atomic E-state index is 11.5. The first-order chi connectivity index (χ1) is 6.75. The van der Waals surface area contributed by atoms with Crippen LogP contribution >= 0.6 is 11.8 Å². The van der Waals surface area contributed by atoms with Crippen molar-refractivity contribution in [3.05, 3.63) is 29.8 Å². The molecule has 0 aliphatic heterocycles. The third-order valence-electron chi connectivity index (χ3n) is 1.74. The van der Waals surface area contributed by atoms with Crippen molar-refractivity contribution in [1.82, 2.24) is 5.32 Å². The van der Waals surface area contributed by atoms with Gasteiger partial charge in [0.1, 0.15) is 5.75 Å². The van der Waals surface area contributed by atoms with E-state index in [0.717, 1.165) is 5.75 Å². The highest BCUT2D eigenvalue weighted by atomic mass is 32.2. The quantitative estimate of drug-likeness (QED) is 0.742. The summed E-state index contributed by atoms with van der Waals surface area (Å²) in [6, 6.07) is 6.52. The standard InChI is InChI=1S/C10H13NO2S/c1-14-7-6-11-10(13)8-4-2-3-5-9(8)12/h2-5,12H,6-7H2,1H3,(H,11,13). The minimum absolute atomic E-state index is 0.0224. The van der Waals surface area contributed by atoms with E-state index >= 15 is 0 Å². The van der Waals surface area contributed by atoms with Crippen LogP contribution < -0.4 is 5.32 Å². The Morgan fingerprint density at radius 3 is 2.86 bits per heavy atom. The Morgan fingerprint density at radius 2 is 2.21 bits per heavy atom. The van der Waals surface area contributed by atoms with Crippen LogP contribution in [0, 0.1) is 0 Å². The van der Waals surface area contributed by atoms with E-state index in [1.165, 1.54) is 6.07 Å². The number of carbonyl (C=O) groups is 1. The molecule has 0 unspecified atom stereocenters. The molecule has 1 aromatic rings. The second-order valence-electron chi connectivity index (χ2n) is 2.77. The lowest BCUT2D eigenvalue weighted by atomic mass is 10.2. The minimum Gasteiger partial charge on any atom is -0.507 e. The highest BCUT2D eigenvalue weighted by Gasteiger charge is 2.08. The lowest BCUT2D eigenvalue weighted by molar-refractivity contribution is 0.0953. The zero-order valence-electron chi connectivity index (χ0n) is 7.99. The van der Waals surface area contributed by atoms with Crippen LogP contribution in [0.2, 0.25) is 0 Å². The van der Waals surface area contributed by atoms with Gasteiger partial charge in [0.2, 0.25) is 0 Å². The Kier molecular flexibility index (Phi) is 4.32. The first kappa shape index (κ1) is 10.9. The number of aromatic hydroxyl groups is 1. The van der Waals surface area contributed by atoms with Crippen molar-refractivity contribution in [3.63, 3.8) is 0 Å². The Balaban J connectivity index is 2.56. The molecule has 0 aliphatic carbocycles. The van der Waals surface area contributed by atoms with Crippen LogP contribution in [0.4, 0.5) is 0 Å². The van der Waals surface area contributed by atoms with Gasteiger partial charge in [-0.15, -0.1) is 0 Å². The summed E-state index contributed by atoms with van der Waals surface area (Å²) in [7, 11) is 0. The second-order valence-corrected chi connectivity index (χ2v) is 3.75. The molecule has 0 fully saturated rings. The molecule has 0 spiro atoms. The van der Waals surface area contributed by atoms with E-state index in [2.05, 4.69) is 5.32 Å². The first-order valence-electron chi connectivity index (χ1n) is 4.31. The number of hydrogen-bond donors (Lipinski definition) is 2. The lowest BCUT2D eigenvalue weighted by Gasteiger charge is -2.05. The highest BCUT2D eigenvalue weighted by molar-refractivity contribution is 7.98. The normalized spacial score (nSPS) is 9.79. The Morgan fingerprint density at radius 1 is 1.50 bits per heavy atom. The highest BCUT2D eigenvalue weighted by Crippen LogP contribution is 2.14. The fourth-order valence-electron chi connectivity index (χ4n) is 1.03. The maximum absolute atomic E-state index is 11.5. The Bertz CT molecular complexity index is 315. The molecule has 1 rings (SSSR count). The average Bonchev–Trinajstić information content (AvgIpc) is 2.18. The van der Waals surface area contributed by atoms with Gasteiger partial charge in [0, 0.05) is 12.3 Å². The van der Waals surface area contributed by atoms with Gasteiger partial charge in [-0.05, 0) is 18.4 Å². The summed E-state index contributed by atoms with van der Waals surface area (Å²) < 4.78 is 0. The zero-order chi connectivity index (χ0) is 10.4. The molecule has 3 nitrogen and oxygen atoms in total. The fraction of sp³-hybridized carbons (Fsp3) is 0.300. The number of benzene rings is 1. The van der Waals surface area contributed by atoms with E-state index in [0.29, 0.717) is 12.1 Å². The number of thioether (sulfide) groups is 1. The number of hydrogen-bond acceptors (Lipinski definition) is 3. The van der Waals surface area contributed by atoms with Crippen LogP contribution in [0.1, 0.15) is 10.4 Å². The largest absolute Gasteiger partial charge is 0.507 e. The zero-order valence-corrected chi connectivity index (χ0v) is 8.80. The van der Waals surface area contributed by atoms with Gasteiger partial charge >= 0.3 is 0 Å². The molecule has 0 saturated heterocycles. The monoisotopic (exact) mass is 211 g/mol. The molecule has 1 aromatic carbocycles. The summed E-state index contributed by atoms with van der Waals surface area (Å²) in [6.45, 7) is 0.619. The van der Waals surface area contributed by atoms with Crippen LogP contribution in [0.5, 0.6) is 5.75 Å². The van der Waals surface area contributed by atoms with Crippen molar-refractivity contribution in [2.75, 3.05) is 18.6 Å².